The summed E-state index contributed by atoms with van der Waals surface area (Å²) in [6, 6.07) is 0. The van der Waals surface area contributed by atoms with Gasteiger partial charge in [0, 0.05) is 19.4 Å². The Bertz CT molecular complexity index is 1200. The van der Waals surface area contributed by atoms with Gasteiger partial charge in [-0.15, -0.1) is 0 Å². The largest absolute Gasteiger partial charge is 0.462 e. The average molecular weight is 980 g/mol. The Morgan fingerprint density at radius 1 is 0.329 bits per heavy atom. The third-order valence-corrected chi connectivity index (χ3v) is 13.5. The molecule has 0 aliphatic carbocycles. The van der Waals surface area contributed by atoms with E-state index in [1.165, 1.54) is 212 Å². The average Bonchev–Trinajstić information content (AvgIpc) is 3.36. The van der Waals surface area contributed by atoms with Gasteiger partial charge in [0.1, 0.15) is 6.61 Å². The van der Waals surface area contributed by atoms with Crippen LogP contribution < -0.4 is 0 Å². The van der Waals surface area contributed by atoms with Crippen molar-refractivity contribution in [3.8, 4) is 0 Å². The molecule has 0 aromatic heterocycles. The van der Waals surface area contributed by atoms with Crippen LogP contribution in [-0.4, -0.2) is 37.9 Å². The van der Waals surface area contributed by atoms with Gasteiger partial charge in [-0.05, 0) is 103 Å². The summed E-state index contributed by atoms with van der Waals surface area (Å²) in [5, 5.41) is 0. The molecule has 5 nitrogen and oxygen atoms in total. The van der Waals surface area contributed by atoms with Crippen LogP contribution in [0.1, 0.15) is 316 Å². The number of ether oxygens (including phenoxy) is 3. The van der Waals surface area contributed by atoms with Crippen LogP contribution in [0.15, 0.2) is 60.8 Å². The molecule has 0 heterocycles. The lowest BCUT2D eigenvalue weighted by Gasteiger charge is -2.18. The third kappa shape index (κ3) is 58.2. The quantitative estimate of drug-likeness (QED) is 0.0345. The fourth-order valence-electron chi connectivity index (χ4n) is 8.93. The van der Waals surface area contributed by atoms with Gasteiger partial charge in [-0.25, -0.2) is 0 Å². The van der Waals surface area contributed by atoms with Crippen molar-refractivity contribution in [3.05, 3.63) is 60.8 Å². The molecule has 0 amide bonds. The van der Waals surface area contributed by atoms with E-state index in [1.54, 1.807) is 0 Å². The number of hydrogen-bond acceptors (Lipinski definition) is 5. The van der Waals surface area contributed by atoms with E-state index in [9.17, 15) is 9.59 Å². The monoisotopic (exact) mass is 979 g/mol. The molecular weight excluding hydrogens is 861 g/mol. The number of carbonyl (C=O) groups is 2. The predicted octanol–water partition coefficient (Wildman–Crippen LogP) is 21.2. The minimum atomic E-state index is -0.545. The summed E-state index contributed by atoms with van der Waals surface area (Å²) in [5.41, 5.74) is 0. The number of unbranched alkanes of at least 4 members (excludes halogenated alkanes) is 36. The highest BCUT2D eigenvalue weighted by molar-refractivity contribution is 5.70. The first-order valence-corrected chi connectivity index (χ1v) is 30.8. The molecule has 0 radical (unpaired) electrons. The summed E-state index contributed by atoms with van der Waals surface area (Å²) in [6.07, 6.45) is 78.2. The zero-order valence-corrected chi connectivity index (χ0v) is 47.0. The first-order chi connectivity index (χ1) is 34.6. The number of esters is 2. The van der Waals surface area contributed by atoms with Crippen LogP contribution in [0.5, 0.6) is 0 Å². The predicted molar refractivity (Wildman–Crippen MR) is 307 cm³/mol. The highest BCUT2D eigenvalue weighted by Crippen LogP contribution is 2.16. The second-order valence-electron chi connectivity index (χ2n) is 20.6. The molecule has 0 rings (SSSR count). The van der Waals surface area contributed by atoms with E-state index in [-0.39, 0.29) is 25.2 Å². The number of hydrogen-bond donors (Lipinski definition) is 0. The first-order valence-electron chi connectivity index (χ1n) is 30.8. The summed E-state index contributed by atoms with van der Waals surface area (Å²) in [6.45, 7) is 7.74. The molecule has 0 saturated carbocycles. The smallest absolute Gasteiger partial charge is 0.306 e. The maximum atomic E-state index is 12.9. The molecule has 0 fully saturated rings. The summed E-state index contributed by atoms with van der Waals surface area (Å²) in [4.78, 5) is 25.6. The zero-order valence-electron chi connectivity index (χ0n) is 47.0. The van der Waals surface area contributed by atoms with E-state index in [4.69, 9.17) is 14.2 Å². The zero-order chi connectivity index (χ0) is 50.6. The minimum Gasteiger partial charge on any atom is -0.462 e. The van der Waals surface area contributed by atoms with Gasteiger partial charge in [-0.1, -0.05) is 261 Å². The third-order valence-electron chi connectivity index (χ3n) is 13.5. The van der Waals surface area contributed by atoms with E-state index in [1.807, 2.05) is 0 Å². The molecule has 0 aliphatic rings. The van der Waals surface area contributed by atoms with Crippen LogP contribution in [0.25, 0.3) is 0 Å². The summed E-state index contributed by atoms with van der Waals surface area (Å²) < 4.78 is 17.5. The number of allylic oxidation sites excluding steroid dienone is 10. The Labute approximate surface area is 436 Å². The second kappa shape index (κ2) is 60.9. The maximum absolute atomic E-state index is 12.9. The molecule has 0 aromatic carbocycles. The fourth-order valence-corrected chi connectivity index (χ4v) is 8.93. The molecule has 70 heavy (non-hydrogen) atoms. The highest BCUT2D eigenvalue weighted by Gasteiger charge is 2.17. The van der Waals surface area contributed by atoms with Gasteiger partial charge in [0.15, 0.2) is 6.10 Å². The molecule has 0 aromatic rings. The summed E-state index contributed by atoms with van der Waals surface area (Å²) in [7, 11) is 0. The van der Waals surface area contributed by atoms with Crippen LogP contribution in [0.4, 0.5) is 0 Å². The van der Waals surface area contributed by atoms with E-state index in [2.05, 4.69) is 81.5 Å². The van der Waals surface area contributed by atoms with Gasteiger partial charge in [0.2, 0.25) is 0 Å². The van der Waals surface area contributed by atoms with Crippen molar-refractivity contribution >= 4 is 11.9 Å². The van der Waals surface area contributed by atoms with Crippen LogP contribution in [0, 0.1) is 0 Å². The van der Waals surface area contributed by atoms with E-state index >= 15 is 0 Å². The molecule has 408 valence electrons. The number of carbonyl (C=O) groups excluding carboxylic acids is 2. The second-order valence-corrected chi connectivity index (χ2v) is 20.6. The fraction of sp³-hybridized carbons (Fsp3) is 0.815. The van der Waals surface area contributed by atoms with E-state index in [0.717, 1.165) is 70.6 Å². The molecule has 0 aliphatic heterocycles. The Balaban J connectivity index is 4.27. The van der Waals surface area contributed by atoms with Gasteiger partial charge < -0.3 is 14.2 Å². The van der Waals surface area contributed by atoms with Crippen molar-refractivity contribution in [2.24, 2.45) is 0 Å². The lowest BCUT2D eigenvalue weighted by Crippen LogP contribution is -2.30. The van der Waals surface area contributed by atoms with Crippen molar-refractivity contribution in [2.75, 3.05) is 19.8 Å². The topological polar surface area (TPSA) is 61.8 Å². The van der Waals surface area contributed by atoms with Gasteiger partial charge in [0.25, 0.3) is 0 Å². The molecule has 0 saturated heterocycles. The molecular formula is C65H118O5. The van der Waals surface area contributed by atoms with Crippen molar-refractivity contribution in [1.82, 2.24) is 0 Å². The Morgan fingerprint density at radius 2 is 0.643 bits per heavy atom. The Kier molecular flexibility index (Phi) is 58.8. The standard InChI is InChI=1S/C65H118O5/c1-4-7-10-13-16-19-22-25-28-31-33-35-37-40-43-46-49-52-55-58-64(66)69-62-63(61-68-60-57-54-51-48-45-42-39-36-32-29-26-23-20-17-14-11-8-5-2)70-65(67)59-56-53-50-47-44-41-38-34-30-27-24-21-18-15-12-9-6-3/h9,12,18,21,25-30,63H,4-8,10-11,13-17,19-20,22-24,31-62H2,1-3H3/b12-9-,21-18-,28-25-,29-26-,30-27-. The lowest BCUT2D eigenvalue weighted by molar-refractivity contribution is -0.163. The highest BCUT2D eigenvalue weighted by atomic mass is 16.6. The van der Waals surface area contributed by atoms with Gasteiger partial charge >= 0.3 is 11.9 Å². The normalized spacial score (nSPS) is 12.6. The van der Waals surface area contributed by atoms with Gasteiger partial charge in [0.05, 0.1) is 6.61 Å². The molecule has 1 unspecified atom stereocenters. The number of rotatable bonds is 57. The molecule has 5 heteroatoms. The van der Waals surface area contributed by atoms with Crippen LogP contribution >= 0.6 is 0 Å². The van der Waals surface area contributed by atoms with Crippen molar-refractivity contribution in [3.63, 3.8) is 0 Å². The van der Waals surface area contributed by atoms with Crippen molar-refractivity contribution in [2.45, 2.75) is 322 Å². The van der Waals surface area contributed by atoms with Gasteiger partial charge in [-0.3, -0.25) is 9.59 Å². The van der Waals surface area contributed by atoms with E-state index < -0.39 is 6.10 Å². The summed E-state index contributed by atoms with van der Waals surface area (Å²) >= 11 is 0. The molecule has 0 spiro atoms. The van der Waals surface area contributed by atoms with Crippen LogP contribution in [0.3, 0.4) is 0 Å². The SMILES string of the molecule is CC/C=C\C/C=C\C/C=C\CCCCCCCCCC(=O)OC(COCCCCCCCCCC/C=C\CCCCCCCC)COC(=O)CCCCCCCCCCC/C=C\CCCCCCCC. The first kappa shape index (κ1) is 67.6. The summed E-state index contributed by atoms with van der Waals surface area (Å²) in [5.74, 6) is -0.398. The maximum Gasteiger partial charge on any atom is 0.306 e. The van der Waals surface area contributed by atoms with Crippen LogP contribution in [0.2, 0.25) is 0 Å². The molecule has 0 bridgehead atoms. The molecule has 1 atom stereocenters. The van der Waals surface area contributed by atoms with E-state index in [0.29, 0.717) is 19.4 Å². The lowest BCUT2D eigenvalue weighted by atomic mass is 10.1. The Hall–Kier alpha value is -2.40. The minimum absolute atomic E-state index is 0.0803. The molecule has 0 N–H and O–H groups in total. The van der Waals surface area contributed by atoms with Crippen molar-refractivity contribution < 1.29 is 23.8 Å². The van der Waals surface area contributed by atoms with Crippen LogP contribution in [-0.2, 0) is 23.8 Å². The van der Waals surface area contributed by atoms with Crippen molar-refractivity contribution in [1.29, 1.82) is 0 Å². The van der Waals surface area contributed by atoms with Gasteiger partial charge in [-0.2, -0.15) is 0 Å². The Morgan fingerprint density at radius 3 is 1.04 bits per heavy atom.